The highest BCUT2D eigenvalue weighted by Gasteiger charge is 2.31. The monoisotopic (exact) mass is 328 g/mol. The summed E-state index contributed by atoms with van der Waals surface area (Å²) < 4.78 is 10.6. The first-order valence-corrected chi connectivity index (χ1v) is 7.86. The molecule has 8 heteroatoms. The molecule has 0 radical (unpaired) electrons. The van der Waals surface area contributed by atoms with Crippen LogP contribution in [0.5, 0.6) is 0 Å². The number of carboxylic acid groups (broad SMARTS) is 1. The standard InChI is InChI=1S/C14H20N2O5S/c1-14(8-20-2,6-11(17)18)16-12(19)10-7-15-13(22-10)9-4-3-5-21-9/h7,9H,3-6,8H2,1-2H3,(H,16,19)(H,17,18). The van der Waals surface area contributed by atoms with Gasteiger partial charge in [-0.3, -0.25) is 9.59 Å². The minimum atomic E-state index is -0.996. The molecule has 0 aromatic carbocycles. The number of thiazole rings is 1. The second-order valence-corrected chi connectivity index (χ2v) is 6.64. The van der Waals surface area contributed by atoms with Gasteiger partial charge in [0.25, 0.3) is 5.91 Å². The summed E-state index contributed by atoms with van der Waals surface area (Å²) in [6.07, 6.45) is 3.16. The molecule has 7 nitrogen and oxygen atoms in total. The van der Waals surface area contributed by atoms with Gasteiger partial charge in [-0.2, -0.15) is 0 Å². The van der Waals surface area contributed by atoms with Crippen LogP contribution in [0.4, 0.5) is 0 Å². The molecule has 122 valence electrons. The number of nitrogens with zero attached hydrogens (tertiary/aromatic N) is 1. The van der Waals surface area contributed by atoms with Crippen LogP contribution in [0.25, 0.3) is 0 Å². The number of hydrogen-bond acceptors (Lipinski definition) is 6. The first-order chi connectivity index (χ1) is 10.4. The Labute approximate surface area is 132 Å². The molecule has 2 atom stereocenters. The van der Waals surface area contributed by atoms with Crippen molar-refractivity contribution in [2.24, 2.45) is 0 Å². The van der Waals surface area contributed by atoms with E-state index in [0.717, 1.165) is 24.5 Å². The smallest absolute Gasteiger partial charge is 0.305 e. The van der Waals surface area contributed by atoms with E-state index in [1.54, 1.807) is 6.92 Å². The van der Waals surface area contributed by atoms with Gasteiger partial charge in [0.05, 0.1) is 24.8 Å². The van der Waals surface area contributed by atoms with E-state index in [1.807, 2.05) is 0 Å². The summed E-state index contributed by atoms with van der Waals surface area (Å²) in [5, 5.41) is 12.5. The highest BCUT2D eigenvalue weighted by atomic mass is 32.1. The van der Waals surface area contributed by atoms with Gasteiger partial charge in [0.15, 0.2) is 0 Å². The maximum absolute atomic E-state index is 12.3. The van der Waals surface area contributed by atoms with Gasteiger partial charge in [-0.25, -0.2) is 4.98 Å². The van der Waals surface area contributed by atoms with Crippen molar-refractivity contribution in [3.05, 3.63) is 16.1 Å². The molecule has 0 saturated carbocycles. The van der Waals surface area contributed by atoms with Crippen LogP contribution in [-0.4, -0.2) is 47.8 Å². The van der Waals surface area contributed by atoms with Crippen molar-refractivity contribution in [3.8, 4) is 0 Å². The topological polar surface area (TPSA) is 97.8 Å². The highest BCUT2D eigenvalue weighted by Crippen LogP contribution is 2.31. The van der Waals surface area contributed by atoms with Gasteiger partial charge in [0.1, 0.15) is 16.0 Å². The van der Waals surface area contributed by atoms with E-state index in [0.29, 0.717) is 4.88 Å². The lowest BCUT2D eigenvalue weighted by molar-refractivity contribution is -0.139. The zero-order valence-corrected chi connectivity index (χ0v) is 13.4. The first kappa shape index (κ1) is 16.9. The van der Waals surface area contributed by atoms with Gasteiger partial charge >= 0.3 is 5.97 Å². The number of aromatic nitrogens is 1. The number of rotatable bonds is 7. The summed E-state index contributed by atoms with van der Waals surface area (Å²) in [7, 11) is 1.47. The molecule has 1 aromatic rings. The summed E-state index contributed by atoms with van der Waals surface area (Å²) in [4.78, 5) is 28.0. The number of aliphatic carboxylic acids is 1. The van der Waals surface area contributed by atoms with Crippen LogP contribution in [0.1, 0.15) is 47.0 Å². The highest BCUT2D eigenvalue weighted by molar-refractivity contribution is 7.13. The molecule has 1 amide bonds. The summed E-state index contributed by atoms with van der Waals surface area (Å²) in [5.41, 5.74) is -0.967. The average molecular weight is 328 g/mol. The molecule has 1 saturated heterocycles. The van der Waals surface area contributed by atoms with Crippen LogP contribution in [0, 0.1) is 0 Å². The van der Waals surface area contributed by atoms with Crippen LogP contribution in [0.2, 0.25) is 0 Å². The molecule has 22 heavy (non-hydrogen) atoms. The van der Waals surface area contributed by atoms with Crippen LogP contribution in [-0.2, 0) is 14.3 Å². The molecule has 1 aliphatic rings. The van der Waals surface area contributed by atoms with Crippen LogP contribution in [0.3, 0.4) is 0 Å². The Hall–Kier alpha value is -1.51. The fourth-order valence-corrected chi connectivity index (χ4v) is 3.33. The van der Waals surface area contributed by atoms with E-state index in [4.69, 9.17) is 14.6 Å². The van der Waals surface area contributed by atoms with Gasteiger partial charge in [0.2, 0.25) is 0 Å². The average Bonchev–Trinajstić information content (AvgIpc) is 3.09. The molecule has 0 aliphatic carbocycles. The molecule has 1 aliphatic heterocycles. The zero-order chi connectivity index (χ0) is 16.2. The number of carboxylic acids is 1. The Kier molecular flexibility index (Phi) is 5.49. The lowest BCUT2D eigenvalue weighted by Crippen LogP contribution is -2.50. The Balaban J connectivity index is 2.04. The molecule has 1 aromatic heterocycles. The van der Waals surface area contributed by atoms with E-state index < -0.39 is 11.5 Å². The third kappa shape index (κ3) is 4.25. The number of carbonyl (C=O) groups excluding carboxylic acids is 1. The number of methoxy groups -OCH3 is 1. The van der Waals surface area contributed by atoms with Crippen molar-refractivity contribution in [2.75, 3.05) is 20.3 Å². The van der Waals surface area contributed by atoms with Gasteiger partial charge in [-0.15, -0.1) is 11.3 Å². The Bertz CT molecular complexity index is 541. The number of carbonyl (C=O) groups is 2. The van der Waals surface area contributed by atoms with Crippen LogP contribution >= 0.6 is 11.3 Å². The summed E-state index contributed by atoms with van der Waals surface area (Å²) >= 11 is 1.28. The predicted octanol–water partition coefficient (Wildman–Crippen LogP) is 1.60. The van der Waals surface area contributed by atoms with E-state index in [2.05, 4.69) is 10.3 Å². The number of nitrogens with one attached hydrogen (secondary N) is 1. The molecular weight excluding hydrogens is 308 g/mol. The van der Waals surface area contributed by atoms with E-state index in [-0.39, 0.29) is 25.0 Å². The van der Waals surface area contributed by atoms with E-state index in [9.17, 15) is 9.59 Å². The van der Waals surface area contributed by atoms with Crippen molar-refractivity contribution in [3.63, 3.8) is 0 Å². The lowest BCUT2D eigenvalue weighted by atomic mass is 9.99. The van der Waals surface area contributed by atoms with Crippen LogP contribution in [0.15, 0.2) is 6.20 Å². The Morgan fingerprint density at radius 1 is 1.64 bits per heavy atom. The number of ether oxygens (including phenoxy) is 2. The molecule has 0 spiro atoms. The maximum atomic E-state index is 12.3. The van der Waals surface area contributed by atoms with Crippen molar-refractivity contribution < 1.29 is 24.2 Å². The maximum Gasteiger partial charge on any atom is 0.305 e. The second-order valence-electron chi connectivity index (χ2n) is 5.58. The minimum absolute atomic E-state index is 0.0315. The Morgan fingerprint density at radius 3 is 3.00 bits per heavy atom. The minimum Gasteiger partial charge on any atom is -0.481 e. The largest absolute Gasteiger partial charge is 0.481 e. The zero-order valence-electron chi connectivity index (χ0n) is 12.6. The van der Waals surface area contributed by atoms with Gasteiger partial charge < -0.3 is 19.9 Å². The second kappa shape index (κ2) is 7.17. The molecule has 2 rings (SSSR count). The van der Waals surface area contributed by atoms with Crippen molar-refractivity contribution in [1.82, 2.24) is 10.3 Å². The molecule has 2 N–H and O–H groups in total. The van der Waals surface area contributed by atoms with Gasteiger partial charge in [0, 0.05) is 13.7 Å². The fraction of sp³-hybridized carbons (Fsp3) is 0.643. The van der Waals surface area contributed by atoms with E-state index >= 15 is 0 Å². The van der Waals surface area contributed by atoms with E-state index in [1.165, 1.54) is 24.6 Å². The Morgan fingerprint density at radius 2 is 2.41 bits per heavy atom. The summed E-state index contributed by atoms with van der Waals surface area (Å²) in [6, 6.07) is 0. The molecular formula is C14H20N2O5S. The first-order valence-electron chi connectivity index (χ1n) is 7.04. The SMILES string of the molecule is COCC(C)(CC(=O)O)NC(=O)c1cnc(C2CCCO2)s1. The molecule has 1 fully saturated rings. The normalized spacial score (nSPS) is 20.5. The molecule has 0 bridgehead atoms. The molecule has 2 unspecified atom stereocenters. The summed E-state index contributed by atoms with van der Waals surface area (Å²) in [5.74, 6) is -1.34. The third-order valence-corrected chi connectivity index (χ3v) is 4.46. The van der Waals surface area contributed by atoms with Gasteiger partial charge in [-0.1, -0.05) is 0 Å². The quantitative estimate of drug-likeness (QED) is 0.789. The van der Waals surface area contributed by atoms with Gasteiger partial charge in [-0.05, 0) is 19.8 Å². The summed E-state index contributed by atoms with van der Waals surface area (Å²) in [6.45, 7) is 2.48. The predicted molar refractivity (Wildman–Crippen MR) is 80.0 cm³/mol. The van der Waals surface area contributed by atoms with Crippen molar-refractivity contribution in [2.45, 2.75) is 37.8 Å². The molecule has 2 heterocycles. The van der Waals surface area contributed by atoms with Crippen molar-refractivity contribution in [1.29, 1.82) is 0 Å². The fourth-order valence-electron chi connectivity index (χ4n) is 2.43. The number of hydrogen-bond donors (Lipinski definition) is 2. The number of amides is 1. The third-order valence-electron chi connectivity index (χ3n) is 3.37. The lowest BCUT2D eigenvalue weighted by Gasteiger charge is -2.28. The van der Waals surface area contributed by atoms with Crippen molar-refractivity contribution >= 4 is 23.2 Å². The van der Waals surface area contributed by atoms with Crippen LogP contribution < -0.4 is 5.32 Å².